The smallest absolute Gasteiger partial charge is 0.274 e. The van der Waals surface area contributed by atoms with E-state index in [1.54, 1.807) is 0 Å². The predicted molar refractivity (Wildman–Crippen MR) is 181 cm³/mol. The van der Waals surface area contributed by atoms with Gasteiger partial charge in [0.15, 0.2) is 0 Å². The van der Waals surface area contributed by atoms with Crippen molar-refractivity contribution in [2.24, 2.45) is 23.7 Å². The summed E-state index contributed by atoms with van der Waals surface area (Å²) in [6.45, 7) is 7.02. The molecular weight excluding hydrogens is 575 g/mol. The molecule has 0 aliphatic heterocycles. The number of nitrogens with one attached hydrogen (secondary N) is 1. The first-order valence-electron chi connectivity index (χ1n) is 17.3. The third-order valence-corrected chi connectivity index (χ3v) is 16.3. The molecule has 5 fully saturated rings. The lowest BCUT2D eigenvalue weighted by molar-refractivity contribution is -0.149. The van der Waals surface area contributed by atoms with E-state index in [-0.39, 0.29) is 29.3 Å². The Labute approximate surface area is 270 Å². The van der Waals surface area contributed by atoms with Crippen molar-refractivity contribution < 1.29 is 18.8 Å². The quantitative estimate of drug-likeness (QED) is 0.199. The summed E-state index contributed by atoms with van der Waals surface area (Å²) in [6, 6.07) is 29.3. The van der Waals surface area contributed by atoms with Gasteiger partial charge in [-0.1, -0.05) is 81.4 Å². The van der Waals surface area contributed by atoms with Gasteiger partial charge >= 0.3 is 0 Å². The molecule has 5 saturated carbocycles. The maximum Gasteiger partial charge on any atom is 0.274 e. The normalized spacial score (nSPS) is 29.4. The first-order valence-corrected chi connectivity index (χ1v) is 19.2. The molecule has 0 spiro atoms. The highest BCUT2D eigenvalue weighted by atomic mass is 28.4. The fourth-order valence-corrected chi connectivity index (χ4v) is 14.1. The number of hydrogen-bond acceptors (Lipinski definition) is 4. The van der Waals surface area contributed by atoms with E-state index in [1.807, 2.05) is 24.3 Å². The van der Waals surface area contributed by atoms with Crippen molar-refractivity contribution in [3.63, 3.8) is 0 Å². The molecular formula is C39H49NO4Si. The lowest BCUT2D eigenvalue weighted by atomic mass is 9.55. The van der Waals surface area contributed by atoms with Gasteiger partial charge in [-0.25, -0.2) is 5.48 Å². The van der Waals surface area contributed by atoms with Crippen LogP contribution in [0.2, 0.25) is 5.04 Å². The molecule has 1 amide bonds. The Bertz CT molecular complexity index is 1360. The van der Waals surface area contributed by atoms with E-state index in [0.717, 1.165) is 43.3 Å². The zero-order valence-electron chi connectivity index (χ0n) is 27.1. The molecule has 8 rings (SSSR count). The zero-order valence-corrected chi connectivity index (χ0v) is 28.1. The van der Waals surface area contributed by atoms with E-state index in [1.165, 1.54) is 42.5 Å². The molecule has 0 saturated heterocycles. The summed E-state index contributed by atoms with van der Waals surface area (Å²) in [4.78, 5) is 19.0. The monoisotopic (exact) mass is 623 g/mol. The van der Waals surface area contributed by atoms with Gasteiger partial charge in [-0.2, -0.15) is 0 Å². The van der Waals surface area contributed by atoms with Gasteiger partial charge in [0.25, 0.3) is 14.2 Å². The first-order chi connectivity index (χ1) is 21.8. The molecule has 45 heavy (non-hydrogen) atoms. The summed E-state index contributed by atoms with van der Waals surface area (Å²) in [7, 11) is -2.57. The van der Waals surface area contributed by atoms with Crippen LogP contribution in [0.25, 0.3) is 0 Å². The Hall–Kier alpha value is -2.93. The molecule has 6 heteroatoms. The first kappa shape index (κ1) is 30.7. The number of hydroxylamine groups is 1. The molecule has 5 aliphatic rings. The van der Waals surface area contributed by atoms with Gasteiger partial charge < -0.3 is 9.16 Å². The molecule has 3 aromatic rings. The molecule has 0 heterocycles. The molecule has 1 N–H and O–H groups in total. The van der Waals surface area contributed by atoms with Crippen LogP contribution < -0.4 is 20.6 Å². The Kier molecular flexibility index (Phi) is 8.66. The summed E-state index contributed by atoms with van der Waals surface area (Å²) < 4.78 is 13.8. The number of carbonyl (C=O) groups is 1. The van der Waals surface area contributed by atoms with Crippen molar-refractivity contribution in [3.8, 4) is 5.75 Å². The van der Waals surface area contributed by atoms with Crippen LogP contribution >= 0.6 is 0 Å². The van der Waals surface area contributed by atoms with Crippen LogP contribution in [-0.4, -0.2) is 32.5 Å². The average molecular weight is 624 g/mol. The summed E-state index contributed by atoms with van der Waals surface area (Å²) >= 11 is 0. The van der Waals surface area contributed by atoms with Crippen molar-refractivity contribution >= 4 is 24.6 Å². The van der Waals surface area contributed by atoms with Gasteiger partial charge in [-0.15, -0.1) is 0 Å². The fraction of sp³-hybridized carbons (Fsp3) is 0.513. The third-order valence-electron chi connectivity index (χ3n) is 11.2. The second kappa shape index (κ2) is 12.7. The average Bonchev–Trinajstić information content (AvgIpc) is 3.04. The van der Waals surface area contributed by atoms with E-state index < -0.39 is 8.32 Å². The Balaban J connectivity index is 0.944. The van der Waals surface area contributed by atoms with E-state index in [0.29, 0.717) is 17.4 Å². The number of amides is 1. The van der Waals surface area contributed by atoms with E-state index in [2.05, 4.69) is 86.9 Å². The van der Waals surface area contributed by atoms with E-state index in [4.69, 9.17) is 14.0 Å². The van der Waals surface area contributed by atoms with Crippen molar-refractivity contribution in [1.82, 2.24) is 5.48 Å². The minimum atomic E-state index is -2.57. The van der Waals surface area contributed by atoms with Crippen LogP contribution in [0.15, 0.2) is 84.9 Å². The largest absolute Gasteiger partial charge is 0.490 e. The molecule has 5 aliphatic carbocycles. The predicted octanol–water partition coefficient (Wildman–Crippen LogP) is 7.44. The Morgan fingerprint density at radius 3 is 1.71 bits per heavy atom. The van der Waals surface area contributed by atoms with Gasteiger partial charge in [0.05, 0.1) is 12.2 Å². The van der Waals surface area contributed by atoms with Crippen molar-refractivity contribution in [2.45, 2.75) is 102 Å². The SMILES string of the molecule is CC(C)(C)[Si](OC1CCC(Oc2ccc(C(=O)NOC3C4CC5CC(C4)CC3C5)cc2)CC1)(c1ccccc1)c1ccccc1. The molecule has 4 bridgehead atoms. The molecule has 0 unspecified atom stereocenters. The number of benzene rings is 3. The number of carbonyl (C=O) groups excluding carboxylic acids is 1. The summed E-state index contributed by atoms with van der Waals surface area (Å²) in [5.74, 6) is 3.64. The highest BCUT2D eigenvalue weighted by molar-refractivity contribution is 6.99. The van der Waals surface area contributed by atoms with Gasteiger partial charge in [-0.3, -0.25) is 9.63 Å². The van der Waals surface area contributed by atoms with Gasteiger partial charge in [-0.05, 0) is 121 Å². The van der Waals surface area contributed by atoms with Crippen molar-refractivity contribution in [1.29, 1.82) is 0 Å². The third kappa shape index (κ3) is 6.26. The number of rotatable bonds is 9. The minimum Gasteiger partial charge on any atom is -0.490 e. The second-order valence-corrected chi connectivity index (χ2v) is 19.5. The molecule has 238 valence electrons. The summed E-state index contributed by atoms with van der Waals surface area (Å²) in [5.41, 5.74) is 3.40. The van der Waals surface area contributed by atoms with E-state index in [9.17, 15) is 4.79 Å². The number of ether oxygens (including phenoxy) is 1. The number of hydrogen-bond donors (Lipinski definition) is 1. The second-order valence-electron chi connectivity index (χ2n) is 15.3. The standard InChI is InChI=1S/C39H49NO4Si/c1-39(2,3)45(35-10-6-4-7-11-35,36-12-8-5-9-13-36)44-34-20-18-33(19-21-34)42-32-16-14-29(15-17-32)38(41)40-43-37-30-23-27-22-28(25-30)26-31(37)24-27/h4-17,27-28,30-31,33-34,37H,18-26H2,1-3H3,(H,40,41). The highest BCUT2D eigenvalue weighted by Crippen LogP contribution is 2.54. The Morgan fingerprint density at radius 1 is 0.689 bits per heavy atom. The van der Waals surface area contributed by atoms with Crippen LogP contribution in [0, 0.1) is 23.7 Å². The Morgan fingerprint density at radius 2 is 1.20 bits per heavy atom. The van der Waals surface area contributed by atoms with Crippen LogP contribution in [-0.2, 0) is 9.26 Å². The van der Waals surface area contributed by atoms with Gasteiger partial charge in [0.1, 0.15) is 5.75 Å². The summed E-state index contributed by atoms with van der Waals surface area (Å²) in [5, 5.41) is 2.63. The van der Waals surface area contributed by atoms with Crippen LogP contribution in [0.3, 0.4) is 0 Å². The lowest BCUT2D eigenvalue weighted by Gasteiger charge is -2.53. The lowest BCUT2D eigenvalue weighted by Crippen LogP contribution is -2.67. The van der Waals surface area contributed by atoms with E-state index >= 15 is 0 Å². The van der Waals surface area contributed by atoms with Crippen molar-refractivity contribution in [3.05, 3.63) is 90.5 Å². The fourth-order valence-electron chi connectivity index (χ4n) is 9.33. The topological polar surface area (TPSA) is 56.8 Å². The minimum absolute atomic E-state index is 0.0300. The maximum atomic E-state index is 12.9. The van der Waals surface area contributed by atoms with Gasteiger partial charge in [0.2, 0.25) is 0 Å². The van der Waals surface area contributed by atoms with Crippen LogP contribution in [0.4, 0.5) is 0 Å². The van der Waals surface area contributed by atoms with Crippen molar-refractivity contribution in [2.75, 3.05) is 0 Å². The van der Waals surface area contributed by atoms with Crippen LogP contribution in [0.1, 0.15) is 88.9 Å². The molecule has 0 radical (unpaired) electrons. The molecule has 5 nitrogen and oxygen atoms in total. The maximum absolute atomic E-state index is 12.9. The molecule has 3 aromatic carbocycles. The zero-order chi connectivity index (χ0) is 31.0. The highest BCUT2D eigenvalue weighted by Gasteiger charge is 2.52. The molecule has 0 aromatic heterocycles. The van der Waals surface area contributed by atoms with Crippen LogP contribution in [0.5, 0.6) is 5.75 Å². The summed E-state index contributed by atoms with van der Waals surface area (Å²) in [6.07, 6.45) is 10.8. The van der Waals surface area contributed by atoms with Gasteiger partial charge in [0, 0.05) is 11.7 Å². The molecule has 0 atom stereocenters.